The number of carbonyl (C=O) groups excluding carboxylic acids is 2. The quantitative estimate of drug-likeness (QED) is 0.766. The Hall–Kier alpha value is -1.84. The van der Waals surface area contributed by atoms with Crippen LogP contribution in [0.25, 0.3) is 0 Å². The monoisotopic (exact) mass is 248 g/mol. The number of amides is 1. The molecule has 1 aromatic carbocycles. The third-order valence-electron chi connectivity index (χ3n) is 2.78. The fraction of sp³-hybridized carbons (Fsp3) is 0.357. The van der Waals surface area contributed by atoms with Gasteiger partial charge in [-0.15, -0.1) is 0 Å². The average Bonchev–Trinajstić information content (AvgIpc) is 2.31. The normalized spacial score (nSPS) is 10.0. The van der Waals surface area contributed by atoms with Crippen molar-refractivity contribution in [2.24, 2.45) is 0 Å². The van der Waals surface area contributed by atoms with Gasteiger partial charge >= 0.3 is 5.97 Å². The average molecular weight is 248 g/mol. The van der Waals surface area contributed by atoms with Gasteiger partial charge in [0.05, 0.1) is 13.5 Å². The van der Waals surface area contributed by atoms with Crippen LogP contribution in [0.1, 0.15) is 17.5 Å². The van der Waals surface area contributed by atoms with E-state index in [1.165, 1.54) is 12.0 Å². The number of benzene rings is 1. The van der Waals surface area contributed by atoms with Crippen LogP contribution in [0.5, 0.6) is 0 Å². The molecular weight excluding hydrogens is 230 g/mol. The second-order valence-corrected chi connectivity index (χ2v) is 4.11. The summed E-state index contributed by atoms with van der Waals surface area (Å²) in [5.74, 6) is -0.663. The van der Waals surface area contributed by atoms with Crippen LogP contribution >= 0.6 is 0 Å². The van der Waals surface area contributed by atoms with Crippen molar-refractivity contribution >= 4 is 17.6 Å². The summed E-state index contributed by atoms with van der Waals surface area (Å²) < 4.78 is 4.58. The van der Waals surface area contributed by atoms with E-state index in [-0.39, 0.29) is 24.8 Å². The summed E-state index contributed by atoms with van der Waals surface area (Å²) in [7, 11) is 1.33. The number of anilines is 1. The molecule has 4 nitrogen and oxygen atoms in total. The number of rotatable bonds is 4. The fourth-order valence-corrected chi connectivity index (χ4v) is 1.90. The topological polar surface area (TPSA) is 46.6 Å². The second-order valence-electron chi connectivity index (χ2n) is 4.11. The zero-order valence-corrected chi connectivity index (χ0v) is 11.0. The predicted octanol–water partition coefficient (Wildman–Crippen LogP) is 2.03. The minimum atomic E-state index is -0.340. The number of nitrogens with zero attached hydrogens (tertiary/aromatic N) is 1. The predicted molar refractivity (Wildman–Crippen MR) is 70.3 cm³/mol. The van der Waals surface area contributed by atoms with E-state index in [1.54, 1.807) is 0 Å². The van der Waals surface area contributed by atoms with Gasteiger partial charge in [0.25, 0.3) is 0 Å². The summed E-state index contributed by atoms with van der Waals surface area (Å²) in [5.41, 5.74) is 2.79. The van der Waals surface area contributed by atoms with E-state index >= 15 is 0 Å². The Kier molecular flexibility index (Phi) is 4.89. The van der Waals surface area contributed by atoms with Crippen LogP contribution in [0.15, 0.2) is 18.2 Å². The Bertz CT molecular complexity index is 434. The van der Waals surface area contributed by atoms with Gasteiger partial charge < -0.3 is 9.64 Å². The highest BCUT2D eigenvalue weighted by Gasteiger charge is 2.17. The van der Waals surface area contributed by atoms with Crippen LogP contribution in [0.2, 0.25) is 0 Å². The van der Waals surface area contributed by atoms with Crippen LogP contribution in [0.4, 0.5) is 5.69 Å². The Morgan fingerprint density at radius 1 is 1.28 bits per heavy atom. The van der Waals surface area contributed by atoms with Gasteiger partial charge in [-0.2, -0.15) is 0 Å². The summed E-state index contributed by atoms with van der Waals surface area (Å²) in [6, 6.07) is 5.78. The van der Waals surface area contributed by atoms with Crippen LogP contribution in [0, 0.1) is 20.8 Å². The fourth-order valence-electron chi connectivity index (χ4n) is 1.90. The van der Waals surface area contributed by atoms with Gasteiger partial charge in [0.2, 0.25) is 5.91 Å². The number of esters is 1. The number of aryl methyl sites for hydroxylation is 2. The minimum Gasteiger partial charge on any atom is -0.469 e. The van der Waals surface area contributed by atoms with E-state index in [9.17, 15) is 9.59 Å². The number of carbonyl (C=O) groups is 2. The molecule has 0 N–H and O–H groups in total. The largest absolute Gasteiger partial charge is 0.469 e. The molecule has 1 radical (unpaired) electrons. The summed E-state index contributed by atoms with van der Waals surface area (Å²) in [4.78, 5) is 24.3. The Balaban J connectivity index is 2.98. The van der Waals surface area contributed by atoms with Gasteiger partial charge in [-0.05, 0) is 25.0 Å². The molecule has 0 fully saturated rings. The molecule has 0 bridgehead atoms. The van der Waals surface area contributed by atoms with E-state index in [0.717, 1.165) is 16.8 Å². The molecule has 0 aliphatic carbocycles. The molecular formula is C14H18NO3. The molecule has 1 rings (SSSR count). The molecule has 1 aromatic rings. The number of ether oxygens (including phenoxy) is 1. The molecule has 0 heterocycles. The summed E-state index contributed by atoms with van der Waals surface area (Å²) in [6.45, 7) is 7.57. The van der Waals surface area contributed by atoms with Crippen LogP contribution < -0.4 is 4.90 Å². The van der Waals surface area contributed by atoms with Crippen LogP contribution in [0.3, 0.4) is 0 Å². The Morgan fingerprint density at radius 2 is 1.83 bits per heavy atom. The van der Waals surface area contributed by atoms with Gasteiger partial charge in [0, 0.05) is 19.2 Å². The van der Waals surface area contributed by atoms with E-state index in [2.05, 4.69) is 11.7 Å². The van der Waals surface area contributed by atoms with E-state index in [0.29, 0.717) is 0 Å². The lowest BCUT2D eigenvalue weighted by Crippen LogP contribution is -2.32. The minimum absolute atomic E-state index is 0.158. The molecule has 0 saturated heterocycles. The van der Waals surface area contributed by atoms with Crippen molar-refractivity contribution < 1.29 is 14.3 Å². The van der Waals surface area contributed by atoms with Crippen molar-refractivity contribution in [1.29, 1.82) is 0 Å². The first-order valence-electron chi connectivity index (χ1n) is 5.74. The standard InChI is InChI=1S/C14H18NO3/c1-10-6-5-7-11(2)14(10)15(12(3)16)9-8-13(17)18-4/h5-7H,3,8-9H2,1-2,4H3. The van der Waals surface area contributed by atoms with Crippen molar-refractivity contribution in [3.8, 4) is 0 Å². The number of hydrogen-bond acceptors (Lipinski definition) is 3. The molecule has 1 amide bonds. The molecule has 18 heavy (non-hydrogen) atoms. The lowest BCUT2D eigenvalue weighted by atomic mass is 10.1. The first-order chi connectivity index (χ1) is 8.47. The smallest absolute Gasteiger partial charge is 0.307 e. The molecule has 0 aliphatic rings. The van der Waals surface area contributed by atoms with Crippen LogP contribution in [-0.2, 0) is 14.3 Å². The van der Waals surface area contributed by atoms with E-state index < -0.39 is 0 Å². The third-order valence-corrected chi connectivity index (χ3v) is 2.78. The summed E-state index contributed by atoms with van der Waals surface area (Å²) >= 11 is 0. The van der Waals surface area contributed by atoms with Crippen LogP contribution in [-0.4, -0.2) is 25.5 Å². The van der Waals surface area contributed by atoms with Crippen molar-refractivity contribution in [2.45, 2.75) is 20.3 Å². The lowest BCUT2D eigenvalue weighted by Gasteiger charge is -2.24. The van der Waals surface area contributed by atoms with Gasteiger partial charge in [-0.3, -0.25) is 9.59 Å². The van der Waals surface area contributed by atoms with E-state index in [4.69, 9.17) is 0 Å². The zero-order valence-electron chi connectivity index (χ0n) is 11.0. The van der Waals surface area contributed by atoms with Crippen molar-refractivity contribution in [3.63, 3.8) is 0 Å². The number of methoxy groups -OCH3 is 1. The number of hydrogen-bond donors (Lipinski definition) is 0. The van der Waals surface area contributed by atoms with Gasteiger partial charge in [0.1, 0.15) is 0 Å². The first kappa shape index (κ1) is 14.2. The molecule has 0 saturated carbocycles. The maximum Gasteiger partial charge on any atom is 0.307 e. The summed E-state index contributed by atoms with van der Waals surface area (Å²) in [5, 5.41) is 0. The molecule has 0 unspecified atom stereocenters. The molecule has 0 atom stereocenters. The molecule has 0 spiro atoms. The Labute approximate surface area is 108 Å². The molecule has 0 aromatic heterocycles. The van der Waals surface area contributed by atoms with Crippen molar-refractivity contribution in [1.82, 2.24) is 0 Å². The molecule has 4 heteroatoms. The highest BCUT2D eigenvalue weighted by atomic mass is 16.5. The Morgan fingerprint density at radius 3 is 2.28 bits per heavy atom. The van der Waals surface area contributed by atoms with Crippen molar-refractivity contribution in [3.05, 3.63) is 36.2 Å². The SMILES string of the molecule is [CH2]C(=O)N(CCC(=O)OC)c1c(C)cccc1C. The maximum atomic E-state index is 11.6. The van der Waals surface area contributed by atoms with Gasteiger partial charge in [-0.1, -0.05) is 18.2 Å². The second kappa shape index (κ2) is 6.19. The molecule has 0 aliphatic heterocycles. The highest BCUT2D eigenvalue weighted by molar-refractivity contribution is 5.98. The zero-order chi connectivity index (χ0) is 13.7. The first-order valence-corrected chi connectivity index (χ1v) is 5.74. The summed E-state index contributed by atoms with van der Waals surface area (Å²) in [6.07, 6.45) is 0.158. The lowest BCUT2D eigenvalue weighted by molar-refractivity contribution is -0.140. The highest BCUT2D eigenvalue weighted by Crippen LogP contribution is 2.24. The third kappa shape index (κ3) is 3.32. The van der Waals surface area contributed by atoms with Gasteiger partial charge in [-0.25, -0.2) is 0 Å². The van der Waals surface area contributed by atoms with E-state index in [1.807, 2.05) is 32.0 Å². The maximum absolute atomic E-state index is 11.6. The molecule has 97 valence electrons. The van der Waals surface area contributed by atoms with Crippen molar-refractivity contribution in [2.75, 3.05) is 18.6 Å². The number of para-hydroxylation sites is 1. The van der Waals surface area contributed by atoms with Gasteiger partial charge in [0.15, 0.2) is 0 Å².